The molecule has 0 radical (unpaired) electrons. The van der Waals surface area contributed by atoms with Gasteiger partial charge in [-0.15, -0.1) is 0 Å². The van der Waals surface area contributed by atoms with Gasteiger partial charge in [0.15, 0.2) is 0 Å². The Balaban J connectivity index is 1.74. The maximum atomic E-state index is 13.5. The van der Waals surface area contributed by atoms with Gasteiger partial charge in [0, 0.05) is 23.0 Å². The number of phenols is 1. The number of carboxylic acid groups (broad SMARTS) is 1. The van der Waals surface area contributed by atoms with Gasteiger partial charge in [-0.3, -0.25) is 9.69 Å². The first-order valence-electron chi connectivity index (χ1n) is 11.8. The summed E-state index contributed by atoms with van der Waals surface area (Å²) in [6.45, 7) is 5.38. The molecule has 0 saturated heterocycles. The minimum absolute atomic E-state index is 0.105. The molecule has 4 rings (SSSR count). The summed E-state index contributed by atoms with van der Waals surface area (Å²) in [6, 6.07) is 13.0. The number of nitrogens with one attached hydrogen (secondary N) is 1. The molecule has 9 heteroatoms. The summed E-state index contributed by atoms with van der Waals surface area (Å²) < 4.78 is 40.5. The van der Waals surface area contributed by atoms with E-state index in [1.807, 2.05) is 19.9 Å². The van der Waals surface area contributed by atoms with Crippen LogP contribution in [0.1, 0.15) is 41.2 Å². The van der Waals surface area contributed by atoms with Crippen molar-refractivity contribution >= 4 is 40.6 Å². The number of carbonyl (C=O) groups is 2. The van der Waals surface area contributed by atoms with Crippen molar-refractivity contribution < 1.29 is 33.0 Å². The minimum atomic E-state index is -4.59. The molecule has 0 aromatic heterocycles. The SMILES string of the molecule is CCC(=Cc1ccc(NC=C2C(=O)N(c3cc(C)cc(C)c3)c3cc(C(F)(F)F)ccc32)c(O)c1)C(=O)O. The number of amides is 1. The highest BCUT2D eigenvalue weighted by Gasteiger charge is 2.38. The fourth-order valence-electron chi connectivity index (χ4n) is 4.37. The Kier molecular flexibility index (Phi) is 7.04. The van der Waals surface area contributed by atoms with Crippen LogP contribution in [0.3, 0.4) is 0 Å². The van der Waals surface area contributed by atoms with Crippen LogP contribution >= 0.6 is 0 Å². The normalized spacial score (nSPS) is 14.7. The first-order valence-corrected chi connectivity index (χ1v) is 11.8. The van der Waals surface area contributed by atoms with Gasteiger partial charge in [-0.25, -0.2) is 4.79 Å². The Labute approximate surface area is 217 Å². The van der Waals surface area contributed by atoms with Gasteiger partial charge in [-0.1, -0.05) is 25.1 Å². The van der Waals surface area contributed by atoms with Gasteiger partial charge in [0.1, 0.15) is 5.75 Å². The lowest BCUT2D eigenvalue weighted by Gasteiger charge is -2.19. The van der Waals surface area contributed by atoms with Gasteiger partial charge in [-0.2, -0.15) is 13.2 Å². The highest BCUT2D eigenvalue weighted by atomic mass is 19.4. The molecule has 38 heavy (non-hydrogen) atoms. The zero-order valence-corrected chi connectivity index (χ0v) is 20.8. The standard InChI is InChI=1S/C29H25F3N2O4/c1-4-19(28(37)38)12-18-5-8-24(26(35)13-18)33-15-23-22-7-6-20(29(30,31)32)14-25(22)34(27(23)36)21-10-16(2)9-17(3)11-21/h5-15,33,35H,4H2,1-3H3,(H,37,38). The van der Waals surface area contributed by atoms with Gasteiger partial charge in [0.05, 0.1) is 22.5 Å². The molecule has 1 aliphatic rings. The Morgan fingerprint density at radius 2 is 1.71 bits per heavy atom. The van der Waals surface area contributed by atoms with E-state index in [1.54, 1.807) is 25.1 Å². The number of aromatic hydroxyl groups is 1. The quantitative estimate of drug-likeness (QED) is 0.239. The molecule has 3 aromatic carbocycles. The zero-order chi connectivity index (χ0) is 27.8. The highest BCUT2D eigenvalue weighted by Crippen LogP contribution is 2.45. The molecule has 6 nitrogen and oxygen atoms in total. The third-order valence-corrected chi connectivity index (χ3v) is 6.14. The summed E-state index contributed by atoms with van der Waals surface area (Å²) in [5.74, 6) is -1.77. The zero-order valence-electron chi connectivity index (χ0n) is 20.8. The fourth-order valence-corrected chi connectivity index (χ4v) is 4.37. The van der Waals surface area contributed by atoms with Crippen LogP contribution in [0.5, 0.6) is 5.75 Å². The first kappa shape index (κ1) is 26.5. The molecule has 1 aliphatic heterocycles. The number of alkyl halides is 3. The molecule has 0 bridgehead atoms. The molecule has 3 aromatic rings. The largest absolute Gasteiger partial charge is 0.506 e. The van der Waals surface area contributed by atoms with E-state index >= 15 is 0 Å². The highest BCUT2D eigenvalue weighted by molar-refractivity contribution is 6.35. The maximum Gasteiger partial charge on any atom is 0.416 e. The van der Waals surface area contributed by atoms with Crippen LogP contribution < -0.4 is 10.2 Å². The van der Waals surface area contributed by atoms with Crippen molar-refractivity contribution in [3.05, 3.63) is 94.2 Å². The first-order chi connectivity index (χ1) is 17.9. The van der Waals surface area contributed by atoms with Crippen LogP contribution in [0.2, 0.25) is 0 Å². The molecule has 196 valence electrons. The van der Waals surface area contributed by atoms with E-state index in [-0.39, 0.29) is 28.3 Å². The average Bonchev–Trinajstić information content (AvgIpc) is 3.11. The average molecular weight is 523 g/mol. The fraction of sp³-hybridized carbons (Fsp3) is 0.172. The molecule has 0 unspecified atom stereocenters. The third-order valence-electron chi connectivity index (χ3n) is 6.14. The Morgan fingerprint density at radius 3 is 2.29 bits per heavy atom. The van der Waals surface area contributed by atoms with Crippen molar-refractivity contribution in [2.75, 3.05) is 10.2 Å². The van der Waals surface area contributed by atoms with Crippen LogP contribution in [0, 0.1) is 13.8 Å². The summed E-state index contributed by atoms with van der Waals surface area (Å²) in [5.41, 5.74) is 2.69. The summed E-state index contributed by atoms with van der Waals surface area (Å²) in [6.07, 6.45) is -1.49. The van der Waals surface area contributed by atoms with Crippen LogP contribution in [-0.4, -0.2) is 22.1 Å². The molecule has 0 spiro atoms. The van der Waals surface area contributed by atoms with Crippen LogP contribution in [-0.2, 0) is 15.8 Å². The molecule has 1 amide bonds. The van der Waals surface area contributed by atoms with Gasteiger partial charge in [-0.05, 0) is 79.4 Å². The predicted octanol–water partition coefficient (Wildman–Crippen LogP) is 7.04. The molecular weight excluding hydrogens is 497 g/mol. The number of aliphatic carboxylic acids is 1. The maximum absolute atomic E-state index is 13.5. The number of phenolic OH excluding ortho intramolecular Hbond substituents is 1. The lowest BCUT2D eigenvalue weighted by molar-refractivity contribution is -0.137. The molecule has 0 aliphatic carbocycles. The van der Waals surface area contributed by atoms with E-state index in [0.29, 0.717) is 23.2 Å². The van der Waals surface area contributed by atoms with E-state index in [4.69, 9.17) is 0 Å². The van der Waals surface area contributed by atoms with E-state index in [2.05, 4.69) is 5.32 Å². The van der Waals surface area contributed by atoms with E-state index < -0.39 is 23.6 Å². The molecule has 0 atom stereocenters. The summed E-state index contributed by atoms with van der Waals surface area (Å²) in [5, 5.41) is 22.6. The molecule has 1 heterocycles. The van der Waals surface area contributed by atoms with Crippen LogP contribution in [0.4, 0.5) is 30.2 Å². The van der Waals surface area contributed by atoms with Crippen molar-refractivity contribution in [1.82, 2.24) is 0 Å². The van der Waals surface area contributed by atoms with Gasteiger partial charge in [0.25, 0.3) is 5.91 Å². The number of aryl methyl sites for hydroxylation is 2. The van der Waals surface area contributed by atoms with E-state index in [0.717, 1.165) is 23.3 Å². The number of rotatable bonds is 6. The van der Waals surface area contributed by atoms with Gasteiger partial charge >= 0.3 is 12.1 Å². The monoisotopic (exact) mass is 522 g/mol. The Bertz CT molecular complexity index is 1490. The Hall–Kier alpha value is -4.53. The summed E-state index contributed by atoms with van der Waals surface area (Å²) in [7, 11) is 0. The van der Waals surface area contributed by atoms with Crippen molar-refractivity contribution in [3.63, 3.8) is 0 Å². The predicted molar refractivity (Wildman–Crippen MR) is 140 cm³/mol. The second kappa shape index (κ2) is 10.1. The number of carbonyl (C=O) groups excluding carboxylic acids is 1. The van der Waals surface area contributed by atoms with Crippen molar-refractivity contribution in [2.45, 2.75) is 33.4 Å². The molecule has 0 fully saturated rings. The smallest absolute Gasteiger partial charge is 0.416 e. The second-order valence-corrected chi connectivity index (χ2v) is 9.02. The summed E-state index contributed by atoms with van der Waals surface area (Å²) in [4.78, 5) is 26.1. The van der Waals surface area contributed by atoms with Crippen LogP contribution in [0.15, 0.2) is 66.4 Å². The van der Waals surface area contributed by atoms with Crippen molar-refractivity contribution in [1.29, 1.82) is 0 Å². The topological polar surface area (TPSA) is 89.9 Å². The van der Waals surface area contributed by atoms with E-state index in [1.165, 1.54) is 35.4 Å². The lowest BCUT2D eigenvalue weighted by atomic mass is 10.0. The number of halogens is 3. The van der Waals surface area contributed by atoms with Gasteiger partial charge < -0.3 is 15.5 Å². The van der Waals surface area contributed by atoms with E-state index in [9.17, 15) is 33.0 Å². The molecule has 3 N–H and O–H groups in total. The number of fused-ring (bicyclic) bond motifs is 1. The number of nitrogens with zero attached hydrogens (tertiary/aromatic N) is 1. The van der Waals surface area contributed by atoms with Crippen molar-refractivity contribution in [3.8, 4) is 5.75 Å². The molecule has 0 saturated carbocycles. The number of hydrogen-bond acceptors (Lipinski definition) is 4. The summed E-state index contributed by atoms with van der Waals surface area (Å²) >= 11 is 0. The van der Waals surface area contributed by atoms with Crippen LogP contribution in [0.25, 0.3) is 11.6 Å². The number of carboxylic acids is 1. The third kappa shape index (κ3) is 5.27. The minimum Gasteiger partial charge on any atom is -0.506 e. The van der Waals surface area contributed by atoms with Crippen molar-refractivity contribution in [2.24, 2.45) is 0 Å². The lowest BCUT2D eigenvalue weighted by Crippen LogP contribution is -2.21. The number of anilines is 3. The van der Waals surface area contributed by atoms with Gasteiger partial charge in [0.2, 0.25) is 0 Å². The number of benzene rings is 3. The molecular formula is C29H25F3N2O4. The second-order valence-electron chi connectivity index (χ2n) is 9.02. The Morgan fingerprint density at radius 1 is 1.03 bits per heavy atom. The number of hydrogen-bond donors (Lipinski definition) is 3.